The molecule has 0 saturated carbocycles. The number of halogens is 6. The van der Waals surface area contributed by atoms with Crippen LogP contribution in [0.25, 0.3) is 0 Å². The summed E-state index contributed by atoms with van der Waals surface area (Å²) >= 11 is 0. The molecule has 0 spiro atoms. The van der Waals surface area contributed by atoms with Crippen molar-refractivity contribution >= 4 is 11.6 Å². The van der Waals surface area contributed by atoms with Gasteiger partial charge in [-0.2, -0.15) is 26.3 Å². The topological polar surface area (TPSA) is 67.1 Å². The van der Waals surface area contributed by atoms with Gasteiger partial charge in [0.05, 0.1) is 0 Å². The molecule has 0 aliphatic heterocycles. The van der Waals surface area contributed by atoms with Crippen LogP contribution in [0.3, 0.4) is 0 Å². The van der Waals surface area contributed by atoms with E-state index >= 15 is 0 Å². The summed E-state index contributed by atoms with van der Waals surface area (Å²) < 4.78 is 73.8. The van der Waals surface area contributed by atoms with Crippen LogP contribution in [0.15, 0.2) is 6.07 Å². The molecule has 5 nitrogen and oxygen atoms in total. The van der Waals surface area contributed by atoms with E-state index in [2.05, 4.69) is 9.97 Å². The Balaban J connectivity index is 3.13. The number of nitrogen functional groups attached to an aromatic ring is 1. The van der Waals surface area contributed by atoms with Crippen LogP contribution < -0.4 is 16.2 Å². The molecule has 1 rings (SSSR count). The van der Waals surface area contributed by atoms with Crippen LogP contribution in [0.5, 0.6) is 0 Å². The first-order valence-corrected chi connectivity index (χ1v) is 4.73. The quantitative estimate of drug-likeness (QED) is 0.504. The number of hydrazine groups is 1. The van der Waals surface area contributed by atoms with E-state index in [1.54, 1.807) is 0 Å². The number of alkyl halides is 6. The second-order valence-corrected chi connectivity index (χ2v) is 3.55. The largest absolute Gasteiger partial charge is 0.451 e. The average Bonchev–Trinajstić information content (AvgIpc) is 2.25. The Bertz CT molecular complexity index is 442. The van der Waals surface area contributed by atoms with Crippen LogP contribution in [-0.4, -0.2) is 29.7 Å². The van der Waals surface area contributed by atoms with Crippen LogP contribution in [0.4, 0.5) is 38.0 Å². The molecule has 0 aliphatic rings. The number of nitrogens with zero attached hydrogens (tertiary/aromatic N) is 3. The lowest BCUT2D eigenvalue weighted by molar-refractivity contribution is -0.144. The summed E-state index contributed by atoms with van der Waals surface area (Å²) in [6.45, 7) is -1.45. The molecule has 0 aromatic carbocycles. The Morgan fingerprint density at radius 2 is 1.79 bits per heavy atom. The van der Waals surface area contributed by atoms with Gasteiger partial charge in [-0.15, -0.1) is 0 Å². The first-order valence-electron chi connectivity index (χ1n) is 4.73. The lowest BCUT2D eigenvalue weighted by Crippen LogP contribution is -2.32. The van der Waals surface area contributed by atoms with E-state index in [9.17, 15) is 26.3 Å². The zero-order chi connectivity index (χ0) is 14.8. The van der Waals surface area contributed by atoms with Crippen LogP contribution >= 0.6 is 0 Å². The van der Waals surface area contributed by atoms with Crippen molar-refractivity contribution in [2.45, 2.75) is 12.4 Å². The molecule has 11 heteroatoms. The van der Waals surface area contributed by atoms with Crippen LogP contribution in [0.2, 0.25) is 0 Å². The van der Waals surface area contributed by atoms with Gasteiger partial charge < -0.3 is 10.3 Å². The smallest absolute Gasteiger partial charge is 0.350 e. The fraction of sp³-hybridized carbons (Fsp3) is 0.500. The van der Waals surface area contributed by atoms with Crippen molar-refractivity contribution in [3.05, 3.63) is 11.9 Å². The summed E-state index contributed by atoms with van der Waals surface area (Å²) in [6, 6.07) is 0.876. The van der Waals surface area contributed by atoms with Gasteiger partial charge in [-0.25, -0.2) is 15.8 Å². The molecule has 0 bridgehead atoms. The van der Waals surface area contributed by atoms with Crippen molar-refractivity contribution < 1.29 is 26.3 Å². The summed E-state index contributed by atoms with van der Waals surface area (Å²) in [5, 5.41) is 0. The minimum atomic E-state index is -4.89. The third-order valence-electron chi connectivity index (χ3n) is 1.92. The highest BCUT2D eigenvalue weighted by Crippen LogP contribution is 2.29. The van der Waals surface area contributed by atoms with Crippen molar-refractivity contribution in [1.29, 1.82) is 0 Å². The predicted octanol–water partition coefficient (Wildman–Crippen LogP) is 1.78. The van der Waals surface area contributed by atoms with E-state index in [1.165, 1.54) is 0 Å². The Hall–Kier alpha value is -1.78. The van der Waals surface area contributed by atoms with Crippen molar-refractivity contribution in [3.63, 3.8) is 0 Å². The molecule has 0 amide bonds. The Labute approximate surface area is 103 Å². The van der Waals surface area contributed by atoms with Crippen molar-refractivity contribution in [1.82, 2.24) is 9.97 Å². The molecule has 19 heavy (non-hydrogen) atoms. The minimum absolute atomic E-state index is 0.439. The molecule has 0 saturated heterocycles. The second-order valence-electron chi connectivity index (χ2n) is 3.55. The second kappa shape index (κ2) is 5.07. The molecular weight excluding hydrogens is 280 g/mol. The molecule has 0 radical (unpaired) electrons. The number of rotatable bonds is 3. The highest BCUT2D eigenvalue weighted by molar-refractivity contribution is 5.48. The molecule has 0 unspecified atom stereocenters. The Kier molecular flexibility index (Phi) is 4.08. The van der Waals surface area contributed by atoms with E-state index in [0.29, 0.717) is 4.90 Å². The highest BCUT2D eigenvalue weighted by Gasteiger charge is 2.36. The molecule has 1 aromatic rings. The maximum atomic E-state index is 12.5. The van der Waals surface area contributed by atoms with Gasteiger partial charge in [0.2, 0.25) is 5.82 Å². The van der Waals surface area contributed by atoms with Gasteiger partial charge in [-0.05, 0) is 0 Å². The number of hydrogen-bond donors (Lipinski definition) is 2. The predicted molar refractivity (Wildman–Crippen MR) is 54.2 cm³/mol. The number of nitrogens with one attached hydrogen (secondary N) is 1. The third kappa shape index (κ3) is 4.43. The maximum absolute atomic E-state index is 12.5. The van der Waals surface area contributed by atoms with Crippen LogP contribution in [0.1, 0.15) is 5.82 Å². The van der Waals surface area contributed by atoms with Gasteiger partial charge in [-0.3, -0.25) is 0 Å². The normalized spacial score (nSPS) is 12.4. The van der Waals surface area contributed by atoms with Crippen LogP contribution in [0, 0.1) is 0 Å². The zero-order valence-corrected chi connectivity index (χ0v) is 9.47. The van der Waals surface area contributed by atoms with Crippen molar-refractivity contribution in [3.8, 4) is 0 Å². The molecule has 1 heterocycles. The molecule has 0 atom stereocenters. The molecule has 108 valence electrons. The van der Waals surface area contributed by atoms with E-state index in [4.69, 9.17) is 5.84 Å². The van der Waals surface area contributed by atoms with Gasteiger partial charge in [0.25, 0.3) is 0 Å². The summed E-state index contributed by atoms with van der Waals surface area (Å²) in [7, 11) is 0.955. The van der Waals surface area contributed by atoms with E-state index in [-0.39, 0.29) is 0 Å². The van der Waals surface area contributed by atoms with E-state index in [0.717, 1.165) is 13.1 Å². The monoisotopic (exact) mass is 289 g/mol. The summed E-state index contributed by atoms with van der Waals surface area (Å²) in [5.74, 6) is 2.35. The summed E-state index contributed by atoms with van der Waals surface area (Å²) in [5.41, 5.74) is 1.84. The fourth-order valence-electron chi connectivity index (χ4n) is 1.18. The van der Waals surface area contributed by atoms with Gasteiger partial charge in [0.1, 0.15) is 18.2 Å². The highest BCUT2D eigenvalue weighted by atomic mass is 19.4. The molecule has 0 aliphatic carbocycles. The number of hydrogen-bond acceptors (Lipinski definition) is 5. The molecule has 0 fully saturated rings. The first kappa shape index (κ1) is 15.3. The van der Waals surface area contributed by atoms with Gasteiger partial charge in [-0.1, -0.05) is 0 Å². The number of nitrogens with two attached hydrogens (primary N) is 1. The molecule has 1 aromatic heterocycles. The third-order valence-corrected chi connectivity index (χ3v) is 1.92. The van der Waals surface area contributed by atoms with E-state index in [1.807, 2.05) is 5.43 Å². The Morgan fingerprint density at radius 1 is 1.21 bits per heavy atom. The van der Waals surface area contributed by atoms with Crippen molar-refractivity contribution in [2.24, 2.45) is 5.84 Å². The van der Waals surface area contributed by atoms with E-state index < -0.39 is 36.4 Å². The zero-order valence-electron chi connectivity index (χ0n) is 9.47. The molecular formula is C8H9F6N5. The number of anilines is 2. The van der Waals surface area contributed by atoms with Gasteiger partial charge in [0, 0.05) is 13.1 Å². The number of aromatic nitrogens is 2. The SMILES string of the molecule is CN(CC(F)(F)F)c1cc(NN)nc(C(F)(F)F)n1. The standard InChI is InChI=1S/C8H9F6N5/c1-19(3-7(9,10)11)5-2-4(18-15)16-6(17-5)8(12,13)14/h2H,3,15H2,1H3,(H,16,17,18). The van der Waals surface area contributed by atoms with Gasteiger partial charge in [0.15, 0.2) is 0 Å². The lowest BCUT2D eigenvalue weighted by atomic mass is 10.4. The fourth-order valence-corrected chi connectivity index (χ4v) is 1.18. The van der Waals surface area contributed by atoms with Gasteiger partial charge >= 0.3 is 12.4 Å². The summed E-state index contributed by atoms with van der Waals surface area (Å²) in [6.07, 6.45) is -9.46. The average molecular weight is 289 g/mol. The van der Waals surface area contributed by atoms with Crippen LogP contribution in [-0.2, 0) is 6.18 Å². The maximum Gasteiger partial charge on any atom is 0.451 e. The summed E-state index contributed by atoms with van der Waals surface area (Å²) in [4.78, 5) is 6.56. The first-order chi connectivity index (χ1) is 8.53. The van der Waals surface area contributed by atoms with Crippen molar-refractivity contribution in [2.75, 3.05) is 23.9 Å². The Morgan fingerprint density at radius 3 is 2.21 bits per heavy atom. The molecule has 3 N–H and O–H groups in total. The lowest BCUT2D eigenvalue weighted by Gasteiger charge is -2.21. The minimum Gasteiger partial charge on any atom is -0.350 e.